The zero-order valence-corrected chi connectivity index (χ0v) is 22.3. The van der Waals surface area contributed by atoms with Gasteiger partial charge >= 0.3 is 0 Å². The molecule has 1 aromatic rings. The van der Waals surface area contributed by atoms with Crippen LogP contribution in [0.25, 0.3) is 5.57 Å². The minimum atomic E-state index is -0.188. The highest BCUT2D eigenvalue weighted by Crippen LogP contribution is 2.51. The van der Waals surface area contributed by atoms with E-state index in [4.69, 9.17) is 5.41 Å². The SMILES string of the molecule is CCC(=O)CCCCC[C@H](NC(=O)C1CC2(CCNCC2)C1)c1ncc(C2=C/C(=C/NC)C(=N)C=C2)[nH]1. The van der Waals surface area contributed by atoms with E-state index in [0.717, 1.165) is 74.3 Å². The van der Waals surface area contributed by atoms with E-state index in [1.807, 2.05) is 38.5 Å². The number of hydrogen-bond acceptors (Lipinski definition) is 6. The first-order valence-electron chi connectivity index (χ1n) is 13.9. The number of rotatable bonds is 12. The Morgan fingerprint density at radius 3 is 2.73 bits per heavy atom. The van der Waals surface area contributed by atoms with Crippen molar-refractivity contribution in [3.63, 3.8) is 0 Å². The molecule has 0 bridgehead atoms. The fourth-order valence-corrected chi connectivity index (χ4v) is 5.79. The number of unbranched alkanes of at least 4 members (excludes halogenated alkanes) is 2. The van der Waals surface area contributed by atoms with E-state index in [0.29, 0.717) is 29.8 Å². The molecule has 1 saturated heterocycles. The maximum atomic E-state index is 13.2. The molecule has 8 heteroatoms. The van der Waals surface area contributed by atoms with E-state index < -0.39 is 0 Å². The Morgan fingerprint density at radius 2 is 2.00 bits per heavy atom. The molecule has 1 saturated carbocycles. The van der Waals surface area contributed by atoms with Crippen LogP contribution in [-0.2, 0) is 9.59 Å². The number of ketones is 1. The van der Waals surface area contributed by atoms with Crippen LogP contribution in [0.1, 0.15) is 88.7 Å². The average molecular weight is 507 g/mol. The molecule has 200 valence electrons. The molecule has 0 aromatic carbocycles. The van der Waals surface area contributed by atoms with Gasteiger partial charge in [-0.25, -0.2) is 4.98 Å². The molecule has 1 amide bonds. The van der Waals surface area contributed by atoms with Gasteiger partial charge in [0.15, 0.2) is 0 Å². The lowest BCUT2D eigenvalue weighted by Crippen LogP contribution is -2.50. The van der Waals surface area contributed by atoms with Gasteiger partial charge < -0.3 is 26.3 Å². The minimum absolute atomic E-state index is 0.0847. The van der Waals surface area contributed by atoms with Crippen LogP contribution in [0.4, 0.5) is 0 Å². The number of aromatic nitrogens is 2. The summed E-state index contributed by atoms with van der Waals surface area (Å²) in [5.41, 5.74) is 3.44. The molecular formula is C29H42N6O2. The second-order valence-electron chi connectivity index (χ2n) is 10.8. The van der Waals surface area contributed by atoms with Crippen LogP contribution < -0.4 is 16.0 Å². The molecule has 1 aliphatic heterocycles. The highest BCUT2D eigenvalue weighted by molar-refractivity contribution is 6.12. The lowest BCUT2D eigenvalue weighted by Gasteiger charge is -2.49. The van der Waals surface area contributed by atoms with Gasteiger partial charge in [0.05, 0.1) is 23.6 Å². The van der Waals surface area contributed by atoms with Crippen LogP contribution >= 0.6 is 0 Å². The smallest absolute Gasteiger partial charge is 0.223 e. The van der Waals surface area contributed by atoms with Gasteiger partial charge in [-0.15, -0.1) is 0 Å². The molecule has 37 heavy (non-hydrogen) atoms. The molecule has 8 nitrogen and oxygen atoms in total. The summed E-state index contributed by atoms with van der Waals surface area (Å²) < 4.78 is 0. The Bertz CT molecular complexity index is 1070. The predicted molar refractivity (Wildman–Crippen MR) is 147 cm³/mol. The van der Waals surface area contributed by atoms with Crippen molar-refractivity contribution in [1.82, 2.24) is 25.9 Å². The number of carbonyl (C=O) groups is 2. The van der Waals surface area contributed by atoms with Crippen LogP contribution in [0.5, 0.6) is 0 Å². The molecular weight excluding hydrogens is 464 g/mol. The monoisotopic (exact) mass is 506 g/mol. The molecule has 0 radical (unpaired) electrons. The van der Waals surface area contributed by atoms with Crippen LogP contribution in [-0.4, -0.2) is 47.5 Å². The topological polar surface area (TPSA) is 123 Å². The van der Waals surface area contributed by atoms with Gasteiger partial charge in [-0.3, -0.25) is 9.59 Å². The highest BCUT2D eigenvalue weighted by Gasteiger charge is 2.47. The summed E-state index contributed by atoms with van der Waals surface area (Å²) >= 11 is 0. The Labute approximate surface area is 220 Å². The van der Waals surface area contributed by atoms with E-state index in [1.54, 1.807) is 6.08 Å². The predicted octanol–water partition coefficient (Wildman–Crippen LogP) is 4.35. The van der Waals surface area contributed by atoms with Crippen molar-refractivity contribution in [3.05, 3.63) is 47.7 Å². The molecule has 1 atom stereocenters. The van der Waals surface area contributed by atoms with Crippen molar-refractivity contribution >= 4 is 23.0 Å². The van der Waals surface area contributed by atoms with Crippen molar-refractivity contribution in [2.24, 2.45) is 11.3 Å². The summed E-state index contributed by atoms with van der Waals surface area (Å²) in [5.74, 6) is 1.29. The molecule has 4 rings (SSSR count). The van der Waals surface area contributed by atoms with Gasteiger partial charge in [-0.1, -0.05) is 25.8 Å². The molecule has 0 unspecified atom stereocenters. The minimum Gasteiger partial charge on any atom is -0.393 e. The van der Waals surface area contributed by atoms with Crippen molar-refractivity contribution < 1.29 is 9.59 Å². The molecule has 1 spiro atoms. The van der Waals surface area contributed by atoms with Crippen LogP contribution in [0, 0.1) is 16.7 Å². The number of hydrogen-bond donors (Lipinski definition) is 5. The van der Waals surface area contributed by atoms with E-state index in [2.05, 4.69) is 25.9 Å². The molecule has 3 aliphatic rings. The highest BCUT2D eigenvalue weighted by atomic mass is 16.2. The average Bonchev–Trinajstić information content (AvgIpc) is 3.38. The molecule has 1 aromatic heterocycles. The number of H-pyrrole nitrogens is 1. The summed E-state index contributed by atoms with van der Waals surface area (Å²) in [6, 6.07) is -0.188. The third-order valence-electron chi connectivity index (χ3n) is 8.14. The number of piperidine rings is 1. The second-order valence-corrected chi connectivity index (χ2v) is 10.8. The van der Waals surface area contributed by atoms with Gasteiger partial charge in [0.1, 0.15) is 11.6 Å². The maximum absolute atomic E-state index is 13.2. The van der Waals surface area contributed by atoms with Crippen LogP contribution in [0.2, 0.25) is 0 Å². The largest absolute Gasteiger partial charge is 0.393 e. The molecule has 2 heterocycles. The first kappa shape index (κ1) is 27.0. The molecule has 2 aliphatic carbocycles. The first-order chi connectivity index (χ1) is 17.9. The summed E-state index contributed by atoms with van der Waals surface area (Å²) in [5, 5.41) is 17.8. The third-order valence-corrected chi connectivity index (χ3v) is 8.14. The van der Waals surface area contributed by atoms with E-state index >= 15 is 0 Å². The van der Waals surface area contributed by atoms with Crippen molar-refractivity contribution in [1.29, 1.82) is 5.41 Å². The number of nitrogens with zero attached hydrogens (tertiary/aromatic N) is 1. The normalized spacial score (nSPS) is 21.0. The Balaban J connectivity index is 1.42. The van der Waals surface area contributed by atoms with Crippen molar-refractivity contribution in [2.45, 2.75) is 77.2 Å². The number of nitrogens with one attached hydrogen (secondary N) is 5. The summed E-state index contributed by atoms with van der Waals surface area (Å²) in [6.07, 6.45) is 18.4. The molecule has 5 N–H and O–H groups in total. The lowest BCUT2D eigenvalue weighted by atomic mass is 9.57. The number of amides is 1. The first-order valence-corrected chi connectivity index (χ1v) is 13.9. The van der Waals surface area contributed by atoms with Gasteiger partial charge in [0.2, 0.25) is 5.91 Å². The van der Waals surface area contributed by atoms with Crippen LogP contribution in [0.15, 0.2) is 36.2 Å². The summed E-state index contributed by atoms with van der Waals surface area (Å²) in [4.78, 5) is 33.0. The zero-order chi connectivity index (χ0) is 26.3. The van der Waals surface area contributed by atoms with Crippen molar-refractivity contribution in [2.75, 3.05) is 20.1 Å². The van der Waals surface area contributed by atoms with Gasteiger partial charge in [0, 0.05) is 43.2 Å². The Morgan fingerprint density at radius 1 is 1.22 bits per heavy atom. The van der Waals surface area contributed by atoms with Crippen LogP contribution in [0.3, 0.4) is 0 Å². The van der Waals surface area contributed by atoms with Crippen molar-refractivity contribution in [3.8, 4) is 0 Å². The third kappa shape index (κ3) is 6.86. The van der Waals surface area contributed by atoms with E-state index in [9.17, 15) is 9.59 Å². The fourth-order valence-electron chi connectivity index (χ4n) is 5.79. The number of Topliss-reactive ketones (excluding diaryl/α,β-unsaturated/α-hetero) is 1. The number of imidazole rings is 1. The summed E-state index contributed by atoms with van der Waals surface area (Å²) in [7, 11) is 1.82. The zero-order valence-electron chi connectivity index (χ0n) is 22.3. The number of carbonyl (C=O) groups excluding carboxylic acids is 2. The Hall–Kier alpha value is -3.00. The second kappa shape index (κ2) is 12.5. The standard InChI is InChI=1S/C29H42N6O2/c1-3-23(36)7-5-4-6-8-25(35-28(37)22-16-29(17-22)11-13-32-14-12-29)27-33-19-26(34-27)20-9-10-24(30)21(15-20)18-31-2/h9-10,15,18-19,22,25,30-32H,3-8,11-14,16-17H2,1-2H3,(H,33,34)(H,35,37)/b21-18-,30-24?/t25-/m0/s1. The quantitative estimate of drug-likeness (QED) is 0.270. The van der Waals surface area contributed by atoms with Gasteiger partial charge in [0.25, 0.3) is 0 Å². The molecule has 2 fully saturated rings. The fraction of sp³-hybridized carbons (Fsp3) is 0.586. The summed E-state index contributed by atoms with van der Waals surface area (Å²) in [6.45, 7) is 4.03. The number of aromatic amines is 1. The van der Waals surface area contributed by atoms with E-state index in [-0.39, 0.29) is 17.9 Å². The Kier molecular flexibility index (Phi) is 9.14. The number of allylic oxidation sites excluding steroid dienone is 5. The van der Waals surface area contributed by atoms with Gasteiger partial charge in [-0.2, -0.15) is 0 Å². The maximum Gasteiger partial charge on any atom is 0.223 e. The van der Waals surface area contributed by atoms with Gasteiger partial charge in [-0.05, 0) is 69.2 Å². The lowest BCUT2D eigenvalue weighted by molar-refractivity contribution is -0.134. The van der Waals surface area contributed by atoms with E-state index in [1.165, 1.54) is 12.8 Å².